The molecule has 25 heavy (non-hydrogen) atoms. The van der Waals surface area contributed by atoms with Crippen LogP contribution >= 0.6 is 0 Å². The van der Waals surface area contributed by atoms with E-state index in [-0.39, 0.29) is 5.91 Å². The van der Waals surface area contributed by atoms with E-state index >= 15 is 0 Å². The molecule has 0 fully saturated rings. The fourth-order valence-electron chi connectivity index (χ4n) is 3.44. The average molecular weight is 335 g/mol. The number of aryl methyl sites for hydroxylation is 3. The lowest BCUT2D eigenvalue weighted by molar-refractivity contribution is 0.102. The summed E-state index contributed by atoms with van der Waals surface area (Å²) in [5.41, 5.74) is 6.69. The SMILES string of the molecule is Cc1ccc(-n2cc(NC(=O)c3n[nH]c4c3CCCC4)cn2)c(C)c1. The molecule has 0 radical (unpaired) electrons. The maximum Gasteiger partial charge on any atom is 0.276 e. The lowest BCUT2D eigenvalue weighted by atomic mass is 9.96. The number of hydrogen-bond acceptors (Lipinski definition) is 3. The Balaban J connectivity index is 1.55. The van der Waals surface area contributed by atoms with Crippen LogP contribution < -0.4 is 5.32 Å². The Morgan fingerprint density at radius 2 is 2.08 bits per heavy atom. The number of benzene rings is 1. The van der Waals surface area contributed by atoms with Gasteiger partial charge in [-0.2, -0.15) is 10.2 Å². The molecule has 1 aromatic carbocycles. The average Bonchev–Trinajstić information content (AvgIpc) is 3.21. The smallest absolute Gasteiger partial charge is 0.276 e. The highest BCUT2D eigenvalue weighted by atomic mass is 16.2. The number of hydrogen-bond donors (Lipinski definition) is 2. The van der Waals surface area contributed by atoms with E-state index in [1.54, 1.807) is 10.9 Å². The van der Waals surface area contributed by atoms with Crippen LogP contribution in [0.1, 0.15) is 45.7 Å². The Morgan fingerprint density at radius 3 is 2.92 bits per heavy atom. The van der Waals surface area contributed by atoms with Gasteiger partial charge in [-0.3, -0.25) is 9.89 Å². The molecule has 0 saturated heterocycles. The van der Waals surface area contributed by atoms with Crippen molar-refractivity contribution in [2.45, 2.75) is 39.5 Å². The first-order chi connectivity index (χ1) is 12.1. The Bertz CT molecular complexity index is 937. The van der Waals surface area contributed by atoms with Crippen molar-refractivity contribution in [1.82, 2.24) is 20.0 Å². The van der Waals surface area contributed by atoms with E-state index < -0.39 is 0 Å². The molecule has 6 heteroatoms. The van der Waals surface area contributed by atoms with Crippen molar-refractivity contribution in [1.29, 1.82) is 0 Å². The van der Waals surface area contributed by atoms with Gasteiger partial charge in [0, 0.05) is 11.3 Å². The number of rotatable bonds is 3. The fraction of sp³-hybridized carbons (Fsp3) is 0.316. The van der Waals surface area contributed by atoms with Crippen LogP contribution in [0.3, 0.4) is 0 Å². The van der Waals surface area contributed by atoms with Crippen molar-refractivity contribution < 1.29 is 4.79 Å². The van der Waals surface area contributed by atoms with E-state index in [1.807, 2.05) is 12.3 Å². The molecule has 3 aromatic rings. The summed E-state index contributed by atoms with van der Waals surface area (Å²) >= 11 is 0. The summed E-state index contributed by atoms with van der Waals surface area (Å²) in [5.74, 6) is -0.181. The molecule has 0 unspecified atom stereocenters. The molecule has 0 saturated carbocycles. The van der Waals surface area contributed by atoms with Crippen LogP contribution in [0.25, 0.3) is 5.69 Å². The number of carbonyl (C=O) groups is 1. The van der Waals surface area contributed by atoms with Crippen LogP contribution in [0.2, 0.25) is 0 Å². The van der Waals surface area contributed by atoms with E-state index in [1.165, 1.54) is 5.56 Å². The van der Waals surface area contributed by atoms with Crippen molar-refractivity contribution in [3.8, 4) is 5.69 Å². The summed E-state index contributed by atoms with van der Waals surface area (Å²) in [4.78, 5) is 12.6. The van der Waals surface area contributed by atoms with Crippen molar-refractivity contribution in [2.75, 3.05) is 5.32 Å². The van der Waals surface area contributed by atoms with E-state index in [2.05, 4.69) is 46.6 Å². The first kappa shape index (κ1) is 15.6. The van der Waals surface area contributed by atoms with Crippen LogP contribution in [-0.2, 0) is 12.8 Å². The third kappa shape index (κ3) is 2.95. The van der Waals surface area contributed by atoms with Crippen molar-refractivity contribution in [3.63, 3.8) is 0 Å². The molecule has 0 bridgehead atoms. The molecule has 2 N–H and O–H groups in total. The second-order valence-electron chi connectivity index (χ2n) is 6.65. The predicted molar refractivity (Wildman–Crippen MR) is 96.2 cm³/mol. The monoisotopic (exact) mass is 335 g/mol. The molecule has 4 rings (SSSR count). The van der Waals surface area contributed by atoms with Crippen LogP contribution in [0.15, 0.2) is 30.6 Å². The zero-order valence-corrected chi connectivity index (χ0v) is 14.5. The minimum atomic E-state index is -0.181. The lowest BCUT2D eigenvalue weighted by Gasteiger charge is -2.10. The normalized spacial score (nSPS) is 13.5. The van der Waals surface area contributed by atoms with Gasteiger partial charge in [-0.15, -0.1) is 0 Å². The Kier molecular flexibility index (Phi) is 3.87. The lowest BCUT2D eigenvalue weighted by Crippen LogP contribution is -2.15. The van der Waals surface area contributed by atoms with Gasteiger partial charge in [0.15, 0.2) is 5.69 Å². The molecule has 0 spiro atoms. The Morgan fingerprint density at radius 1 is 1.24 bits per heavy atom. The number of nitrogens with one attached hydrogen (secondary N) is 2. The van der Waals surface area contributed by atoms with Gasteiger partial charge >= 0.3 is 0 Å². The first-order valence-electron chi connectivity index (χ1n) is 8.61. The van der Waals surface area contributed by atoms with Crippen molar-refractivity contribution in [2.24, 2.45) is 0 Å². The molecular formula is C19H21N5O. The number of amides is 1. The highest BCUT2D eigenvalue weighted by Crippen LogP contribution is 2.23. The number of fused-ring (bicyclic) bond motifs is 1. The second-order valence-corrected chi connectivity index (χ2v) is 6.65. The molecule has 1 amide bonds. The van der Waals surface area contributed by atoms with Crippen LogP contribution in [0, 0.1) is 13.8 Å². The zero-order valence-electron chi connectivity index (χ0n) is 14.5. The van der Waals surface area contributed by atoms with Crippen molar-refractivity contribution in [3.05, 3.63) is 58.7 Å². The molecule has 0 atom stereocenters. The van der Waals surface area contributed by atoms with Crippen LogP contribution in [0.5, 0.6) is 0 Å². The molecule has 1 aliphatic rings. The molecular weight excluding hydrogens is 314 g/mol. The minimum absolute atomic E-state index is 0.181. The number of carbonyl (C=O) groups excluding carboxylic acids is 1. The number of aromatic nitrogens is 4. The summed E-state index contributed by atoms with van der Waals surface area (Å²) in [5, 5.41) is 14.5. The standard InChI is InChI=1S/C19H21N5O/c1-12-7-8-17(13(2)9-12)24-11-14(10-20-24)21-19(25)18-15-5-3-4-6-16(15)22-23-18/h7-11H,3-6H2,1-2H3,(H,21,25)(H,22,23). The van der Waals surface area contributed by atoms with E-state index in [9.17, 15) is 4.79 Å². The highest BCUT2D eigenvalue weighted by molar-refractivity contribution is 6.03. The quantitative estimate of drug-likeness (QED) is 0.771. The molecule has 0 aliphatic heterocycles. The van der Waals surface area contributed by atoms with Gasteiger partial charge in [0.25, 0.3) is 5.91 Å². The topological polar surface area (TPSA) is 75.6 Å². The third-order valence-electron chi connectivity index (χ3n) is 4.71. The number of aromatic amines is 1. The largest absolute Gasteiger partial charge is 0.318 e. The summed E-state index contributed by atoms with van der Waals surface area (Å²) < 4.78 is 1.78. The van der Waals surface area contributed by atoms with Crippen LogP contribution in [0.4, 0.5) is 5.69 Å². The number of nitrogens with zero attached hydrogens (tertiary/aromatic N) is 3. The predicted octanol–water partition coefficient (Wildman–Crippen LogP) is 3.34. The van der Waals surface area contributed by atoms with Gasteiger partial charge in [-0.05, 0) is 51.2 Å². The van der Waals surface area contributed by atoms with Gasteiger partial charge in [0.1, 0.15) is 0 Å². The summed E-state index contributed by atoms with van der Waals surface area (Å²) in [7, 11) is 0. The second kappa shape index (κ2) is 6.20. The van der Waals surface area contributed by atoms with E-state index in [0.717, 1.165) is 48.2 Å². The van der Waals surface area contributed by atoms with Gasteiger partial charge in [-0.25, -0.2) is 4.68 Å². The third-order valence-corrected chi connectivity index (χ3v) is 4.71. The maximum atomic E-state index is 12.6. The first-order valence-corrected chi connectivity index (χ1v) is 8.61. The fourth-order valence-corrected chi connectivity index (χ4v) is 3.44. The molecule has 128 valence electrons. The minimum Gasteiger partial charge on any atom is -0.318 e. The Hall–Kier alpha value is -2.89. The van der Waals surface area contributed by atoms with Gasteiger partial charge in [-0.1, -0.05) is 17.7 Å². The van der Waals surface area contributed by atoms with Gasteiger partial charge < -0.3 is 5.32 Å². The van der Waals surface area contributed by atoms with Crippen LogP contribution in [-0.4, -0.2) is 25.9 Å². The summed E-state index contributed by atoms with van der Waals surface area (Å²) in [6, 6.07) is 6.21. The van der Waals surface area contributed by atoms with Gasteiger partial charge in [0.2, 0.25) is 0 Å². The summed E-state index contributed by atoms with van der Waals surface area (Å²) in [6.45, 7) is 4.12. The number of anilines is 1. The molecule has 1 aliphatic carbocycles. The highest BCUT2D eigenvalue weighted by Gasteiger charge is 2.22. The zero-order chi connectivity index (χ0) is 17.4. The molecule has 2 heterocycles. The van der Waals surface area contributed by atoms with Crippen molar-refractivity contribution >= 4 is 11.6 Å². The van der Waals surface area contributed by atoms with E-state index in [4.69, 9.17) is 0 Å². The van der Waals surface area contributed by atoms with E-state index in [0.29, 0.717) is 11.4 Å². The molecule has 2 aromatic heterocycles. The Labute approximate surface area is 146 Å². The summed E-state index contributed by atoms with van der Waals surface area (Å²) in [6.07, 6.45) is 7.64. The number of H-pyrrole nitrogens is 1. The maximum absolute atomic E-state index is 12.6. The van der Waals surface area contributed by atoms with Gasteiger partial charge in [0.05, 0.1) is 23.8 Å². The molecule has 6 nitrogen and oxygen atoms in total.